The van der Waals surface area contributed by atoms with Crippen molar-refractivity contribution in [3.63, 3.8) is 0 Å². The number of allylic oxidation sites excluding steroid dienone is 3. The van der Waals surface area contributed by atoms with E-state index in [1.54, 1.807) is 19.5 Å². The summed E-state index contributed by atoms with van der Waals surface area (Å²) in [6.07, 6.45) is 15.2. The molecule has 1 aliphatic heterocycles. The summed E-state index contributed by atoms with van der Waals surface area (Å²) in [5.41, 5.74) is 4.00. The number of carbonyl (C=O) groups excluding carboxylic acids is 1. The molecule has 0 fully saturated rings. The molecule has 0 radical (unpaired) electrons. The van der Waals surface area contributed by atoms with Crippen molar-refractivity contribution in [3.05, 3.63) is 82.6 Å². The fourth-order valence-corrected chi connectivity index (χ4v) is 3.47. The van der Waals surface area contributed by atoms with Crippen molar-refractivity contribution in [2.24, 2.45) is 5.92 Å². The van der Waals surface area contributed by atoms with Crippen LogP contribution in [0.3, 0.4) is 0 Å². The van der Waals surface area contributed by atoms with E-state index in [-0.39, 0.29) is 23.0 Å². The Morgan fingerprint density at radius 1 is 1.27 bits per heavy atom. The van der Waals surface area contributed by atoms with Crippen molar-refractivity contribution < 1.29 is 23.5 Å². The molecule has 3 rings (SSSR count). The Kier molecular flexibility index (Phi) is 7.39. The first-order valence-electron chi connectivity index (χ1n) is 10.5. The monoisotopic (exact) mass is 410 g/mol. The van der Waals surface area contributed by atoms with E-state index in [0.29, 0.717) is 0 Å². The lowest BCUT2D eigenvalue weighted by molar-refractivity contribution is -0.133. The third-order valence-corrected chi connectivity index (χ3v) is 5.35. The summed E-state index contributed by atoms with van der Waals surface area (Å²) >= 11 is 0. The first-order chi connectivity index (χ1) is 14.4. The summed E-state index contributed by atoms with van der Waals surface area (Å²) in [6, 6.07) is 4.08. The van der Waals surface area contributed by atoms with Crippen molar-refractivity contribution >= 4 is 5.97 Å². The molecule has 0 saturated carbocycles. The minimum absolute atomic E-state index is 0.0363. The van der Waals surface area contributed by atoms with Gasteiger partial charge in [-0.3, -0.25) is 0 Å². The van der Waals surface area contributed by atoms with Crippen LogP contribution in [0.2, 0.25) is 0 Å². The highest BCUT2D eigenvalue weighted by Gasteiger charge is 2.26. The zero-order valence-corrected chi connectivity index (χ0v) is 17.9. The topological polar surface area (TPSA) is 72.8 Å². The standard InChI is InChI=1S/C25H30O5/c1-17(6-4-8-18(2)12-23-24(26)19(3)25(27)30-23)7-5-9-20-13-22(29-16-20)14-21-10-11-28-15-21/h6,10-13,15-16,18,26H,4-5,7-9,14H2,1-3H3/b17-6+,23-12+. The average molecular weight is 411 g/mol. The second-order valence-corrected chi connectivity index (χ2v) is 8.08. The first kappa shape index (κ1) is 21.8. The van der Waals surface area contributed by atoms with Crippen LogP contribution in [-0.4, -0.2) is 11.1 Å². The summed E-state index contributed by atoms with van der Waals surface area (Å²) in [5, 5.41) is 9.89. The molecule has 0 aliphatic carbocycles. The van der Waals surface area contributed by atoms with Gasteiger partial charge >= 0.3 is 5.97 Å². The molecule has 3 heterocycles. The van der Waals surface area contributed by atoms with E-state index in [1.165, 1.54) is 11.1 Å². The van der Waals surface area contributed by atoms with Crippen LogP contribution in [0.4, 0.5) is 0 Å². The largest absolute Gasteiger partial charge is 0.504 e. The molecule has 2 aromatic heterocycles. The summed E-state index contributed by atoms with van der Waals surface area (Å²) in [5.74, 6) is 0.965. The highest BCUT2D eigenvalue weighted by Crippen LogP contribution is 2.26. The number of carbonyl (C=O) groups is 1. The molecule has 1 N–H and O–H groups in total. The smallest absolute Gasteiger partial charge is 0.343 e. The van der Waals surface area contributed by atoms with Gasteiger partial charge in [0.05, 0.1) is 24.4 Å². The third kappa shape index (κ3) is 6.02. The van der Waals surface area contributed by atoms with E-state index >= 15 is 0 Å². The number of esters is 1. The summed E-state index contributed by atoms with van der Waals surface area (Å²) < 4.78 is 15.8. The van der Waals surface area contributed by atoms with E-state index in [4.69, 9.17) is 13.6 Å². The average Bonchev–Trinajstić information content (AvgIpc) is 3.43. The van der Waals surface area contributed by atoms with Crippen LogP contribution < -0.4 is 0 Å². The second-order valence-electron chi connectivity index (χ2n) is 8.08. The third-order valence-electron chi connectivity index (χ3n) is 5.35. The number of hydrogen-bond donors (Lipinski definition) is 1. The van der Waals surface area contributed by atoms with Crippen LogP contribution in [0.15, 0.2) is 74.6 Å². The number of aliphatic hydroxyl groups excluding tert-OH is 1. The Hall–Kier alpha value is -2.95. The molecular weight excluding hydrogens is 380 g/mol. The van der Waals surface area contributed by atoms with E-state index in [1.807, 2.05) is 18.4 Å². The molecular formula is C25H30O5. The molecule has 0 saturated heterocycles. The van der Waals surface area contributed by atoms with Crippen LogP contribution in [-0.2, 0) is 22.4 Å². The Labute approximate surface area is 177 Å². The predicted octanol–water partition coefficient (Wildman–Crippen LogP) is 6.42. The van der Waals surface area contributed by atoms with Gasteiger partial charge in [0.15, 0.2) is 11.5 Å². The van der Waals surface area contributed by atoms with Crippen molar-refractivity contribution in [1.82, 2.24) is 0 Å². The van der Waals surface area contributed by atoms with Gasteiger partial charge in [-0.05, 0) is 81.2 Å². The lowest BCUT2D eigenvalue weighted by Crippen LogP contribution is -1.97. The summed E-state index contributed by atoms with van der Waals surface area (Å²) in [6.45, 7) is 5.80. The second kappa shape index (κ2) is 10.2. The quantitative estimate of drug-likeness (QED) is 0.361. The fourth-order valence-electron chi connectivity index (χ4n) is 3.47. The minimum Gasteiger partial charge on any atom is -0.504 e. The van der Waals surface area contributed by atoms with Gasteiger partial charge in [0.2, 0.25) is 0 Å². The number of rotatable bonds is 10. The van der Waals surface area contributed by atoms with Crippen LogP contribution >= 0.6 is 0 Å². The predicted molar refractivity (Wildman–Crippen MR) is 115 cm³/mol. The molecule has 0 aromatic carbocycles. The van der Waals surface area contributed by atoms with Crippen molar-refractivity contribution in [1.29, 1.82) is 0 Å². The Balaban J connectivity index is 1.37. The molecule has 0 bridgehead atoms. The molecule has 5 heteroatoms. The lowest BCUT2D eigenvalue weighted by Gasteiger charge is -2.07. The van der Waals surface area contributed by atoms with Gasteiger partial charge in [-0.2, -0.15) is 0 Å². The number of furan rings is 2. The van der Waals surface area contributed by atoms with Gasteiger partial charge in [0.1, 0.15) is 5.76 Å². The maximum absolute atomic E-state index is 11.5. The van der Waals surface area contributed by atoms with Gasteiger partial charge < -0.3 is 18.7 Å². The van der Waals surface area contributed by atoms with Crippen molar-refractivity contribution in [2.75, 3.05) is 0 Å². The van der Waals surface area contributed by atoms with E-state index < -0.39 is 5.97 Å². The Bertz CT molecular complexity index is 940. The zero-order chi connectivity index (χ0) is 21.5. The van der Waals surface area contributed by atoms with Gasteiger partial charge in [0, 0.05) is 6.42 Å². The molecule has 1 atom stereocenters. The first-order valence-corrected chi connectivity index (χ1v) is 10.5. The number of aryl methyl sites for hydroxylation is 1. The Morgan fingerprint density at radius 3 is 2.80 bits per heavy atom. The van der Waals surface area contributed by atoms with Crippen molar-refractivity contribution in [2.45, 2.75) is 59.3 Å². The molecule has 1 aliphatic rings. The van der Waals surface area contributed by atoms with Crippen LogP contribution in [0.1, 0.15) is 63.3 Å². The molecule has 5 nitrogen and oxygen atoms in total. The molecule has 30 heavy (non-hydrogen) atoms. The maximum atomic E-state index is 11.5. The maximum Gasteiger partial charge on any atom is 0.343 e. The normalized spacial score (nSPS) is 17.1. The van der Waals surface area contributed by atoms with E-state index in [0.717, 1.165) is 49.8 Å². The lowest BCUT2D eigenvalue weighted by atomic mass is 10.0. The highest BCUT2D eigenvalue weighted by atomic mass is 16.6. The summed E-state index contributed by atoms with van der Waals surface area (Å²) in [7, 11) is 0. The van der Waals surface area contributed by atoms with Crippen molar-refractivity contribution in [3.8, 4) is 0 Å². The summed E-state index contributed by atoms with van der Waals surface area (Å²) in [4.78, 5) is 11.5. The highest BCUT2D eigenvalue weighted by molar-refractivity contribution is 5.93. The number of aliphatic hydroxyl groups is 1. The van der Waals surface area contributed by atoms with Crippen LogP contribution in [0.25, 0.3) is 0 Å². The van der Waals surface area contributed by atoms with E-state index in [9.17, 15) is 9.90 Å². The molecule has 160 valence electrons. The SMILES string of the molecule is CC1=C(O)/C(=C\C(C)CC/C=C(\C)CCCc2coc(Cc3ccoc3)c2)OC1=O. The number of cyclic esters (lactones) is 1. The number of ether oxygens (including phenoxy) is 1. The van der Waals surface area contributed by atoms with Gasteiger partial charge in [-0.25, -0.2) is 4.79 Å². The number of hydrogen-bond acceptors (Lipinski definition) is 5. The van der Waals surface area contributed by atoms with Crippen LogP contribution in [0.5, 0.6) is 0 Å². The molecule has 1 unspecified atom stereocenters. The van der Waals surface area contributed by atoms with Gasteiger partial charge in [-0.15, -0.1) is 0 Å². The van der Waals surface area contributed by atoms with Gasteiger partial charge in [-0.1, -0.05) is 18.6 Å². The zero-order valence-electron chi connectivity index (χ0n) is 17.9. The van der Waals surface area contributed by atoms with Crippen LogP contribution in [0, 0.1) is 5.92 Å². The molecule has 0 amide bonds. The Morgan fingerprint density at radius 2 is 2.10 bits per heavy atom. The fraction of sp³-hybridized carbons (Fsp3) is 0.400. The molecule has 0 spiro atoms. The van der Waals surface area contributed by atoms with E-state index in [2.05, 4.69) is 26.0 Å². The molecule has 2 aromatic rings. The minimum atomic E-state index is -0.465. The van der Waals surface area contributed by atoms with Gasteiger partial charge in [0.25, 0.3) is 0 Å².